The fourth-order valence-electron chi connectivity index (χ4n) is 1.35. The van der Waals surface area contributed by atoms with Crippen LogP contribution in [-0.4, -0.2) is 11.0 Å². The van der Waals surface area contributed by atoms with Crippen LogP contribution < -0.4 is 4.74 Å². The summed E-state index contributed by atoms with van der Waals surface area (Å²) in [6.07, 6.45) is 0. The van der Waals surface area contributed by atoms with Crippen LogP contribution in [0.15, 0.2) is 36.4 Å². The molecule has 1 aromatic carbocycles. The molecule has 4 nitrogen and oxygen atoms in total. The molecule has 19 heavy (non-hydrogen) atoms. The zero-order valence-corrected chi connectivity index (χ0v) is 9.43. The van der Waals surface area contributed by atoms with Gasteiger partial charge in [0.25, 0.3) is 0 Å². The predicted octanol–water partition coefficient (Wildman–Crippen LogP) is 2.45. The van der Waals surface area contributed by atoms with E-state index in [1.54, 1.807) is 0 Å². The van der Waals surface area contributed by atoms with Crippen molar-refractivity contribution in [3.05, 3.63) is 59.4 Å². The first-order chi connectivity index (χ1) is 9.08. The van der Waals surface area contributed by atoms with Crippen LogP contribution in [0.2, 0.25) is 0 Å². The van der Waals surface area contributed by atoms with E-state index >= 15 is 0 Å². The lowest BCUT2D eigenvalue weighted by atomic mass is 10.2. The molecule has 0 fully saturated rings. The SMILES string of the molecule is N#Cc1ccc(OC(=O)c2cc(F)nc(F)c2)cc1. The molecule has 94 valence electrons. The molecule has 0 aliphatic carbocycles. The number of rotatable bonds is 2. The lowest BCUT2D eigenvalue weighted by Gasteiger charge is -2.04. The second-order valence-corrected chi connectivity index (χ2v) is 3.53. The monoisotopic (exact) mass is 260 g/mol. The predicted molar refractivity (Wildman–Crippen MR) is 60.3 cm³/mol. The normalized spacial score (nSPS) is 9.74. The van der Waals surface area contributed by atoms with Crippen molar-refractivity contribution in [1.29, 1.82) is 5.26 Å². The quantitative estimate of drug-likeness (QED) is 0.472. The number of halogens is 2. The number of pyridine rings is 1. The molecule has 0 aliphatic rings. The largest absolute Gasteiger partial charge is 0.423 e. The van der Waals surface area contributed by atoms with Crippen LogP contribution in [0.1, 0.15) is 15.9 Å². The summed E-state index contributed by atoms with van der Waals surface area (Å²) in [5.74, 6) is -2.95. The summed E-state index contributed by atoms with van der Waals surface area (Å²) in [5.41, 5.74) is 0.121. The highest BCUT2D eigenvalue weighted by Crippen LogP contribution is 2.14. The first-order valence-electron chi connectivity index (χ1n) is 5.14. The van der Waals surface area contributed by atoms with Crippen LogP contribution >= 0.6 is 0 Å². The fraction of sp³-hybridized carbons (Fsp3) is 0. The van der Waals surface area contributed by atoms with E-state index in [0.29, 0.717) is 5.56 Å². The summed E-state index contributed by atoms with van der Waals surface area (Å²) in [6.45, 7) is 0. The van der Waals surface area contributed by atoms with E-state index in [1.807, 2.05) is 6.07 Å². The van der Waals surface area contributed by atoms with Crippen LogP contribution in [0, 0.1) is 23.2 Å². The highest BCUT2D eigenvalue weighted by molar-refractivity contribution is 5.90. The summed E-state index contributed by atoms with van der Waals surface area (Å²) >= 11 is 0. The van der Waals surface area contributed by atoms with Gasteiger partial charge in [-0.05, 0) is 24.3 Å². The Morgan fingerprint density at radius 1 is 1.16 bits per heavy atom. The van der Waals surface area contributed by atoms with Crippen LogP contribution in [0.3, 0.4) is 0 Å². The third-order valence-corrected chi connectivity index (χ3v) is 2.19. The molecule has 2 rings (SSSR count). The molecule has 0 amide bonds. The number of ether oxygens (including phenoxy) is 1. The van der Waals surface area contributed by atoms with E-state index in [0.717, 1.165) is 12.1 Å². The highest BCUT2D eigenvalue weighted by atomic mass is 19.1. The number of nitrogens with zero attached hydrogens (tertiary/aromatic N) is 2. The van der Waals surface area contributed by atoms with E-state index in [-0.39, 0.29) is 11.3 Å². The standard InChI is InChI=1S/C13H6F2N2O2/c14-11-5-9(6-12(15)17-11)13(18)19-10-3-1-8(7-16)2-4-10/h1-6H. The molecule has 0 spiro atoms. The molecule has 2 aromatic rings. The number of nitriles is 1. The van der Waals surface area contributed by atoms with Gasteiger partial charge in [-0.3, -0.25) is 0 Å². The van der Waals surface area contributed by atoms with E-state index < -0.39 is 17.9 Å². The summed E-state index contributed by atoms with van der Waals surface area (Å²) in [5, 5.41) is 8.60. The van der Waals surface area contributed by atoms with Crippen molar-refractivity contribution in [2.24, 2.45) is 0 Å². The molecule has 0 bridgehead atoms. The van der Waals surface area contributed by atoms with Crippen LogP contribution in [0.4, 0.5) is 8.78 Å². The van der Waals surface area contributed by atoms with Crippen LogP contribution in [0.25, 0.3) is 0 Å². The Kier molecular flexibility index (Phi) is 3.48. The van der Waals surface area contributed by atoms with Crippen molar-refractivity contribution in [3.63, 3.8) is 0 Å². The second-order valence-electron chi connectivity index (χ2n) is 3.53. The minimum Gasteiger partial charge on any atom is -0.423 e. The van der Waals surface area contributed by atoms with Crippen molar-refractivity contribution in [2.45, 2.75) is 0 Å². The zero-order valence-electron chi connectivity index (χ0n) is 9.43. The van der Waals surface area contributed by atoms with Crippen molar-refractivity contribution in [1.82, 2.24) is 4.98 Å². The van der Waals surface area contributed by atoms with Gasteiger partial charge in [0.1, 0.15) is 5.75 Å². The number of hydrogen-bond acceptors (Lipinski definition) is 4. The third kappa shape index (κ3) is 3.10. The van der Waals surface area contributed by atoms with Gasteiger partial charge < -0.3 is 4.74 Å². The van der Waals surface area contributed by atoms with Crippen LogP contribution in [0.5, 0.6) is 5.75 Å². The van der Waals surface area contributed by atoms with Gasteiger partial charge in [-0.25, -0.2) is 4.79 Å². The summed E-state index contributed by atoms with van der Waals surface area (Å²) < 4.78 is 30.6. The third-order valence-electron chi connectivity index (χ3n) is 2.19. The highest BCUT2D eigenvalue weighted by Gasteiger charge is 2.12. The first kappa shape index (κ1) is 12.6. The zero-order chi connectivity index (χ0) is 13.8. The molecule has 6 heteroatoms. The molecule has 0 saturated carbocycles. The molecular formula is C13H6F2N2O2. The number of carbonyl (C=O) groups is 1. The van der Waals surface area contributed by atoms with Crippen molar-refractivity contribution >= 4 is 5.97 Å². The van der Waals surface area contributed by atoms with Gasteiger partial charge in [-0.15, -0.1) is 0 Å². The maximum atomic E-state index is 12.8. The van der Waals surface area contributed by atoms with E-state index in [1.165, 1.54) is 24.3 Å². The van der Waals surface area contributed by atoms with Crippen molar-refractivity contribution < 1.29 is 18.3 Å². The Hall–Kier alpha value is -2.81. The number of benzene rings is 1. The van der Waals surface area contributed by atoms with Crippen molar-refractivity contribution in [2.75, 3.05) is 0 Å². The Morgan fingerprint density at radius 3 is 2.26 bits per heavy atom. The smallest absolute Gasteiger partial charge is 0.343 e. The Bertz CT molecular complexity index is 643. The fourth-order valence-corrected chi connectivity index (χ4v) is 1.35. The lowest BCUT2D eigenvalue weighted by Crippen LogP contribution is -2.10. The molecule has 0 atom stereocenters. The van der Waals surface area contributed by atoms with Gasteiger partial charge in [-0.2, -0.15) is 19.0 Å². The van der Waals surface area contributed by atoms with Gasteiger partial charge in [0, 0.05) is 12.1 Å². The number of carbonyl (C=O) groups excluding carboxylic acids is 1. The molecular weight excluding hydrogens is 254 g/mol. The van der Waals surface area contributed by atoms with E-state index in [9.17, 15) is 13.6 Å². The van der Waals surface area contributed by atoms with Gasteiger partial charge >= 0.3 is 5.97 Å². The molecule has 1 aromatic heterocycles. The molecule has 0 saturated heterocycles. The Morgan fingerprint density at radius 2 is 1.74 bits per heavy atom. The van der Waals surface area contributed by atoms with Gasteiger partial charge in [0.05, 0.1) is 17.2 Å². The van der Waals surface area contributed by atoms with Gasteiger partial charge in [0.2, 0.25) is 11.9 Å². The molecule has 0 aliphatic heterocycles. The van der Waals surface area contributed by atoms with Crippen LogP contribution in [-0.2, 0) is 0 Å². The second kappa shape index (κ2) is 5.23. The summed E-state index contributed by atoms with van der Waals surface area (Å²) in [4.78, 5) is 14.5. The lowest BCUT2D eigenvalue weighted by molar-refractivity contribution is 0.0733. The maximum absolute atomic E-state index is 12.8. The van der Waals surface area contributed by atoms with E-state index in [4.69, 9.17) is 10.00 Å². The number of esters is 1. The molecule has 0 radical (unpaired) electrons. The molecule has 0 N–H and O–H groups in total. The topological polar surface area (TPSA) is 63.0 Å². The first-order valence-corrected chi connectivity index (χ1v) is 5.14. The average molecular weight is 260 g/mol. The molecule has 0 unspecified atom stereocenters. The van der Waals surface area contributed by atoms with Gasteiger partial charge in [0.15, 0.2) is 0 Å². The number of hydrogen-bond donors (Lipinski definition) is 0. The van der Waals surface area contributed by atoms with E-state index in [2.05, 4.69) is 4.98 Å². The average Bonchev–Trinajstić information content (AvgIpc) is 2.38. The Labute approximate surface area is 106 Å². The van der Waals surface area contributed by atoms with Crippen molar-refractivity contribution in [3.8, 4) is 11.8 Å². The minimum absolute atomic E-state index is 0.168. The molecule has 1 heterocycles. The maximum Gasteiger partial charge on any atom is 0.343 e. The summed E-state index contributed by atoms with van der Waals surface area (Å²) in [7, 11) is 0. The summed E-state index contributed by atoms with van der Waals surface area (Å²) in [6, 6.07) is 9.18. The number of aromatic nitrogens is 1. The Balaban J connectivity index is 2.18. The van der Waals surface area contributed by atoms with Gasteiger partial charge in [-0.1, -0.05) is 0 Å². The minimum atomic E-state index is -1.10.